The van der Waals surface area contributed by atoms with E-state index in [-0.39, 0.29) is 29.6 Å². The van der Waals surface area contributed by atoms with E-state index in [2.05, 4.69) is 0 Å². The minimum atomic E-state index is -1.03. The Kier molecular flexibility index (Phi) is 3.02. The van der Waals surface area contributed by atoms with Gasteiger partial charge in [-0.25, -0.2) is 4.39 Å². The van der Waals surface area contributed by atoms with Crippen LogP contribution in [0.5, 0.6) is 0 Å². The Balaban J connectivity index is 2.32. The highest BCUT2D eigenvalue weighted by Gasteiger charge is 2.36. The van der Waals surface area contributed by atoms with Gasteiger partial charge in [0.2, 0.25) is 5.91 Å². The summed E-state index contributed by atoms with van der Waals surface area (Å²) in [5.74, 6) is -2.78. The Bertz CT molecular complexity index is 492. The Morgan fingerprint density at radius 2 is 2.24 bits per heavy atom. The molecule has 0 aromatic heterocycles. The maximum Gasteiger partial charge on any atom is 0.308 e. The van der Waals surface area contributed by atoms with Gasteiger partial charge in [0.15, 0.2) is 0 Å². The van der Waals surface area contributed by atoms with Crippen molar-refractivity contribution in [2.24, 2.45) is 5.92 Å². The molecule has 1 aromatic rings. The van der Waals surface area contributed by atoms with Crippen LogP contribution in [0.1, 0.15) is 6.42 Å². The number of carboxylic acids is 1. The zero-order valence-corrected chi connectivity index (χ0v) is 9.45. The van der Waals surface area contributed by atoms with Crippen LogP contribution >= 0.6 is 11.6 Å². The molecule has 1 atom stereocenters. The van der Waals surface area contributed by atoms with E-state index in [0.717, 1.165) is 0 Å². The van der Waals surface area contributed by atoms with Crippen molar-refractivity contribution in [3.05, 3.63) is 29.0 Å². The number of hydrogen-bond donors (Lipinski definition) is 1. The van der Waals surface area contributed by atoms with E-state index in [4.69, 9.17) is 16.7 Å². The summed E-state index contributed by atoms with van der Waals surface area (Å²) in [6.07, 6.45) is -0.0812. The lowest BCUT2D eigenvalue weighted by Gasteiger charge is -2.17. The molecule has 17 heavy (non-hydrogen) atoms. The van der Waals surface area contributed by atoms with Gasteiger partial charge in [-0.05, 0) is 12.1 Å². The van der Waals surface area contributed by atoms with Crippen molar-refractivity contribution in [1.82, 2.24) is 0 Å². The van der Waals surface area contributed by atoms with Crippen molar-refractivity contribution in [3.8, 4) is 0 Å². The van der Waals surface area contributed by atoms with Gasteiger partial charge in [0, 0.05) is 13.0 Å². The van der Waals surface area contributed by atoms with Crippen molar-refractivity contribution in [3.63, 3.8) is 0 Å². The first kappa shape index (κ1) is 11.9. The van der Waals surface area contributed by atoms with Crippen LogP contribution in [0.15, 0.2) is 18.2 Å². The second kappa shape index (κ2) is 4.33. The molecule has 1 aliphatic heterocycles. The molecule has 90 valence electrons. The van der Waals surface area contributed by atoms with Crippen molar-refractivity contribution >= 4 is 29.2 Å². The van der Waals surface area contributed by atoms with Gasteiger partial charge >= 0.3 is 5.97 Å². The van der Waals surface area contributed by atoms with Gasteiger partial charge < -0.3 is 10.0 Å². The zero-order valence-electron chi connectivity index (χ0n) is 8.69. The highest BCUT2D eigenvalue weighted by Crippen LogP contribution is 2.32. The fourth-order valence-corrected chi connectivity index (χ4v) is 2.03. The quantitative estimate of drug-likeness (QED) is 0.881. The number of amides is 1. The van der Waals surface area contributed by atoms with Gasteiger partial charge in [-0.3, -0.25) is 9.59 Å². The van der Waals surface area contributed by atoms with Crippen molar-refractivity contribution in [1.29, 1.82) is 0 Å². The van der Waals surface area contributed by atoms with Crippen LogP contribution in [0.25, 0.3) is 0 Å². The maximum atomic E-state index is 13.2. The standard InChI is InChI=1S/C11H9ClFNO3/c12-10-7(13)2-1-3-8(10)14-5-6(11(16)17)4-9(14)15/h1-3,6H,4-5H2,(H,16,17). The van der Waals surface area contributed by atoms with Crippen molar-refractivity contribution in [2.45, 2.75) is 6.42 Å². The largest absolute Gasteiger partial charge is 0.481 e. The first-order chi connectivity index (χ1) is 8.00. The molecule has 1 amide bonds. The Labute approximate surface area is 102 Å². The molecule has 0 saturated carbocycles. The topological polar surface area (TPSA) is 57.6 Å². The summed E-state index contributed by atoms with van der Waals surface area (Å²) in [6, 6.07) is 4.10. The fraction of sp³-hybridized carbons (Fsp3) is 0.273. The first-order valence-corrected chi connectivity index (χ1v) is 5.35. The van der Waals surface area contributed by atoms with E-state index in [1.807, 2.05) is 0 Å². The Morgan fingerprint density at radius 3 is 2.82 bits per heavy atom. The molecule has 6 heteroatoms. The summed E-state index contributed by atoms with van der Waals surface area (Å²) in [5, 5.41) is 8.67. The van der Waals surface area contributed by atoms with Crippen LogP contribution < -0.4 is 4.90 Å². The molecular weight excluding hydrogens is 249 g/mol. The number of carboxylic acid groups (broad SMARTS) is 1. The van der Waals surface area contributed by atoms with Crippen LogP contribution in [0.2, 0.25) is 5.02 Å². The lowest BCUT2D eigenvalue weighted by molar-refractivity contribution is -0.141. The summed E-state index contributed by atoms with van der Waals surface area (Å²) in [4.78, 5) is 23.6. The lowest BCUT2D eigenvalue weighted by atomic mass is 10.1. The Morgan fingerprint density at radius 1 is 1.53 bits per heavy atom. The summed E-state index contributed by atoms with van der Waals surface area (Å²) in [5.41, 5.74) is 0.223. The predicted molar refractivity (Wildman–Crippen MR) is 59.5 cm³/mol. The second-order valence-corrected chi connectivity index (χ2v) is 4.19. The van der Waals surface area contributed by atoms with Gasteiger partial charge in [0.05, 0.1) is 11.6 Å². The smallest absolute Gasteiger partial charge is 0.308 e. The number of carbonyl (C=O) groups excluding carboxylic acids is 1. The van der Waals surface area contributed by atoms with Crippen LogP contribution in [0, 0.1) is 11.7 Å². The molecule has 2 rings (SSSR count). The predicted octanol–water partition coefficient (Wildman–Crippen LogP) is 1.92. The summed E-state index contributed by atoms with van der Waals surface area (Å²) >= 11 is 5.75. The van der Waals surface area contributed by atoms with E-state index in [1.54, 1.807) is 0 Å². The van der Waals surface area contributed by atoms with E-state index in [0.29, 0.717) is 0 Å². The number of halogens is 2. The highest BCUT2D eigenvalue weighted by atomic mass is 35.5. The number of benzene rings is 1. The van der Waals surface area contributed by atoms with Crippen LogP contribution in [0.3, 0.4) is 0 Å². The maximum absolute atomic E-state index is 13.2. The van der Waals surface area contributed by atoms with Crippen molar-refractivity contribution < 1.29 is 19.1 Å². The van der Waals surface area contributed by atoms with E-state index in [9.17, 15) is 14.0 Å². The zero-order chi connectivity index (χ0) is 12.6. The minimum Gasteiger partial charge on any atom is -0.481 e. The molecule has 0 radical (unpaired) electrons. The van der Waals surface area contributed by atoms with E-state index in [1.165, 1.54) is 23.1 Å². The number of aliphatic carboxylic acids is 1. The van der Waals surface area contributed by atoms with Gasteiger partial charge in [0.25, 0.3) is 0 Å². The number of hydrogen-bond acceptors (Lipinski definition) is 2. The van der Waals surface area contributed by atoms with Gasteiger partial charge in [0.1, 0.15) is 10.8 Å². The molecule has 4 nitrogen and oxygen atoms in total. The summed E-state index contributed by atoms with van der Waals surface area (Å²) in [7, 11) is 0. The molecule has 1 heterocycles. The molecule has 1 fully saturated rings. The number of nitrogens with zero attached hydrogens (tertiary/aromatic N) is 1. The first-order valence-electron chi connectivity index (χ1n) is 4.98. The van der Waals surface area contributed by atoms with Gasteiger partial charge in [-0.15, -0.1) is 0 Å². The SMILES string of the molecule is O=C(O)C1CC(=O)N(c2cccc(F)c2Cl)C1. The number of rotatable bonds is 2. The fourth-order valence-electron chi connectivity index (χ4n) is 1.81. The average molecular weight is 258 g/mol. The van der Waals surface area contributed by atoms with Crippen LogP contribution in [-0.4, -0.2) is 23.5 Å². The molecular formula is C11H9ClFNO3. The van der Waals surface area contributed by atoms with Crippen LogP contribution in [-0.2, 0) is 9.59 Å². The van der Waals surface area contributed by atoms with E-state index >= 15 is 0 Å². The highest BCUT2D eigenvalue weighted by molar-refractivity contribution is 6.34. The average Bonchev–Trinajstić information content (AvgIpc) is 2.65. The summed E-state index contributed by atoms with van der Waals surface area (Å²) in [6.45, 7) is 0.0251. The monoisotopic (exact) mass is 257 g/mol. The molecule has 0 bridgehead atoms. The third-order valence-electron chi connectivity index (χ3n) is 2.70. The molecule has 1 saturated heterocycles. The molecule has 1 aromatic carbocycles. The van der Waals surface area contributed by atoms with Gasteiger partial charge in [-0.1, -0.05) is 17.7 Å². The van der Waals surface area contributed by atoms with Gasteiger partial charge in [-0.2, -0.15) is 0 Å². The number of carbonyl (C=O) groups is 2. The number of anilines is 1. The third kappa shape index (κ3) is 2.10. The third-order valence-corrected chi connectivity index (χ3v) is 3.07. The molecule has 1 aliphatic rings. The Hall–Kier alpha value is -1.62. The molecule has 0 aliphatic carbocycles. The van der Waals surface area contributed by atoms with E-state index < -0.39 is 17.7 Å². The van der Waals surface area contributed by atoms with Crippen LogP contribution in [0.4, 0.5) is 10.1 Å². The molecule has 0 spiro atoms. The van der Waals surface area contributed by atoms with Crippen molar-refractivity contribution in [2.75, 3.05) is 11.4 Å². The summed E-state index contributed by atoms with van der Waals surface area (Å²) < 4.78 is 13.2. The lowest BCUT2D eigenvalue weighted by Crippen LogP contribution is -2.26. The molecule has 1 N–H and O–H groups in total. The minimum absolute atomic E-state index is 0.0251. The normalized spacial score (nSPS) is 19.8. The molecule has 1 unspecified atom stereocenters. The second-order valence-electron chi connectivity index (χ2n) is 3.82.